The molecule has 5 nitrogen and oxygen atoms in total. The predicted octanol–water partition coefficient (Wildman–Crippen LogP) is 4.61. The summed E-state index contributed by atoms with van der Waals surface area (Å²) < 4.78 is 0. The fourth-order valence-corrected chi connectivity index (χ4v) is 3.86. The molecular weight excluding hydrogens is 374 g/mol. The van der Waals surface area contributed by atoms with Crippen molar-refractivity contribution in [2.45, 2.75) is 32.4 Å². The van der Waals surface area contributed by atoms with Crippen molar-refractivity contribution in [3.8, 4) is 0 Å². The molecule has 3 aromatic carbocycles. The quantitative estimate of drug-likeness (QED) is 0.503. The highest BCUT2D eigenvalue weighted by Gasteiger charge is 2.51. The average Bonchev–Trinajstić information content (AvgIpc) is 2.89. The lowest BCUT2D eigenvalue weighted by Crippen LogP contribution is -2.43. The van der Waals surface area contributed by atoms with Gasteiger partial charge in [-0.3, -0.25) is 4.79 Å². The highest BCUT2D eigenvalue weighted by Crippen LogP contribution is 2.34. The molecule has 0 bridgehead atoms. The first-order chi connectivity index (χ1) is 14.4. The molecule has 1 saturated heterocycles. The zero-order valence-corrected chi connectivity index (χ0v) is 17.2. The predicted molar refractivity (Wildman–Crippen MR) is 119 cm³/mol. The Morgan fingerprint density at radius 3 is 2.20 bits per heavy atom. The molecule has 1 heterocycles. The third kappa shape index (κ3) is 3.54. The molecule has 0 radical (unpaired) electrons. The topological polar surface area (TPSA) is 66.6 Å². The highest BCUT2D eigenvalue weighted by atomic mass is 16.2. The number of urea groups is 1. The summed E-state index contributed by atoms with van der Waals surface area (Å²) in [5, 5.41) is 0. The summed E-state index contributed by atoms with van der Waals surface area (Å²) in [5.41, 5.74) is 9.30. The average molecular weight is 399 g/mol. The normalized spacial score (nSPS) is 15.7. The summed E-state index contributed by atoms with van der Waals surface area (Å²) in [6, 6.07) is 24.8. The van der Waals surface area contributed by atoms with Gasteiger partial charge in [-0.05, 0) is 55.2 Å². The summed E-state index contributed by atoms with van der Waals surface area (Å²) in [5.74, 6) is -0.251. The van der Waals surface area contributed by atoms with Crippen molar-refractivity contribution in [3.05, 3.63) is 95.6 Å². The molecular formula is C25H25N3O2. The number of benzene rings is 3. The van der Waals surface area contributed by atoms with Crippen molar-refractivity contribution in [3.63, 3.8) is 0 Å². The Labute approximate surface area is 176 Å². The van der Waals surface area contributed by atoms with Gasteiger partial charge in [-0.15, -0.1) is 0 Å². The second-order valence-electron chi connectivity index (χ2n) is 8.09. The Balaban J connectivity index is 1.65. The fraction of sp³-hybridized carbons (Fsp3) is 0.200. The maximum Gasteiger partial charge on any atom is 0.332 e. The van der Waals surface area contributed by atoms with Gasteiger partial charge in [-0.1, -0.05) is 60.7 Å². The summed E-state index contributed by atoms with van der Waals surface area (Å²) in [7, 11) is 0. The van der Waals surface area contributed by atoms with Crippen molar-refractivity contribution in [2.24, 2.45) is 0 Å². The molecule has 0 atom stereocenters. The van der Waals surface area contributed by atoms with Gasteiger partial charge in [0.1, 0.15) is 5.54 Å². The van der Waals surface area contributed by atoms with Crippen LogP contribution in [0.3, 0.4) is 0 Å². The third-order valence-electron chi connectivity index (χ3n) is 5.64. The van der Waals surface area contributed by atoms with E-state index in [0.717, 1.165) is 17.5 Å². The first-order valence-electron chi connectivity index (χ1n) is 10.0. The Morgan fingerprint density at radius 2 is 1.50 bits per heavy atom. The van der Waals surface area contributed by atoms with Crippen LogP contribution in [-0.2, 0) is 17.8 Å². The lowest BCUT2D eigenvalue weighted by atomic mass is 9.97. The molecule has 0 aromatic heterocycles. The van der Waals surface area contributed by atoms with Crippen LogP contribution < -0.4 is 10.6 Å². The van der Waals surface area contributed by atoms with E-state index in [-0.39, 0.29) is 11.9 Å². The number of nitrogen functional groups attached to an aromatic ring is 1. The lowest BCUT2D eigenvalue weighted by Gasteiger charge is -2.28. The molecule has 30 heavy (non-hydrogen) atoms. The third-order valence-corrected chi connectivity index (χ3v) is 5.64. The number of rotatable bonds is 5. The highest BCUT2D eigenvalue weighted by molar-refractivity contribution is 6.23. The van der Waals surface area contributed by atoms with Crippen LogP contribution in [0.5, 0.6) is 0 Å². The molecule has 0 aliphatic carbocycles. The Morgan fingerprint density at radius 1 is 0.833 bits per heavy atom. The molecule has 152 valence electrons. The van der Waals surface area contributed by atoms with E-state index in [1.165, 1.54) is 10.5 Å². The van der Waals surface area contributed by atoms with Crippen LogP contribution in [0.15, 0.2) is 78.9 Å². The van der Waals surface area contributed by atoms with E-state index in [0.29, 0.717) is 17.9 Å². The van der Waals surface area contributed by atoms with Crippen molar-refractivity contribution >= 4 is 23.3 Å². The molecule has 0 spiro atoms. The van der Waals surface area contributed by atoms with E-state index in [1.54, 1.807) is 43.0 Å². The number of hydrogen-bond donors (Lipinski definition) is 1. The summed E-state index contributed by atoms with van der Waals surface area (Å²) >= 11 is 0. The minimum absolute atomic E-state index is 0.251. The van der Waals surface area contributed by atoms with Crippen LogP contribution in [0, 0.1) is 0 Å². The number of hydrogen-bond acceptors (Lipinski definition) is 3. The minimum atomic E-state index is -0.957. The smallest absolute Gasteiger partial charge is 0.332 e. The molecule has 1 fully saturated rings. The van der Waals surface area contributed by atoms with Crippen LogP contribution in [0.1, 0.15) is 30.5 Å². The zero-order valence-electron chi connectivity index (χ0n) is 17.2. The second-order valence-corrected chi connectivity index (χ2v) is 8.09. The van der Waals surface area contributed by atoms with E-state index in [4.69, 9.17) is 5.73 Å². The van der Waals surface area contributed by atoms with Crippen LogP contribution >= 0.6 is 0 Å². The van der Waals surface area contributed by atoms with Gasteiger partial charge >= 0.3 is 6.03 Å². The van der Waals surface area contributed by atoms with E-state index in [9.17, 15) is 9.59 Å². The minimum Gasteiger partial charge on any atom is -0.399 e. The second kappa shape index (κ2) is 7.67. The van der Waals surface area contributed by atoms with Crippen LogP contribution in [0.25, 0.3) is 0 Å². The number of nitrogens with two attached hydrogens (primary N) is 1. The number of imide groups is 1. The largest absolute Gasteiger partial charge is 0.399 e. The number of carbonyl (C=O) groups is 2. The first-order valence-corrected chi connectivity index (χ1v) is 10.0. The van der Waals surface area contributed by atoms with E-state index >= 15 is 0 Å². The van der Waals surface area contributed by atoms with Gasteiger partial charge in [-0.2, -0.15) is 0 Å². The molecule has 0 unspecified atom stereocenters. The SMILES string of the molecule is CC1(C)C(=O)N(c2cccc(N)c2)C(=O)N1Cc1ccccc1Cc1ccccc1. The van der Waals surface area contributed by atoms with Gasteiger partial charge in [-0.25, -0.2) is 9.69 Å². The number of carbonyl (C=O) groups excluding carboxylic acids is 2. The molecule has 3 aromatic rings. The zero-order chi connectivity index (χ0) is 21.3. The maximum atomic E-state index is 13.3. The van der Waals surface area contributed by atoms with Gasteiger partial charge in [0.15, 0.2) is 0 Å². The van der Waals surface area contributed by atoms with Crippen LogP contribution in [-0.4, -0.2) is 22.4 Å². The van der Waals surface area contributed by atoms with E-state index in [2.05, 4.69) is 18.2 Å². The summed E-state index contributed by atoms with van der Waals surface area (Å²) in [6.07, 6.45) is 0.770. The van der Waals surface area contributed by atoms with Gasteiger partial charge in [0.2, 0.25) is 0 Å². The number of nitrogens with zero attached hydrogens (tertiary/aromatic N) is 2. The number of anilines is 2. The molecule has 3 amide bonds. The molecule has 2 N–H and O–H groups in total. The van der Waals surface area contributed by atoms with Crippen LogP contribution in [0.2, 0.25) is 0 Å². The summed E-state index contributed by atoms with van der Waals surface area (Å²) in [6.45, 7) is 3.94. The lowest BCUT2D eigenvalue weighted by molar-refractivity contribution is -0.123. The monoisotopic (exact) mass is 399 g/mol. The molecule has 1 aliphatic heterocycles. The van der Waals surface area contributed by atoms with Crippen LogP contribution in [0.4, 0.5) is 16.2 Å². The van der Waals surface area contributed by atoms with Crippen molar-refractivity contribution < 1.29 is 9.59 Å². The van der Waals surface area contributed by atoms with Crippen molar-refractivity contribution in [2.75, 3.05) is 10.6 Å². The molecule has 4 rings (SSSR count). The summed E-state index contributed by atoms with van der Waals surface area (Å²) in [4.78, 5) is 29.3. The fourth-order valence-electron chi connectivity index (χ4n) is 3.86. The van der Waals surface area contributed by atoms with Gasteiger partial charge in [0.05, 0.1) is 5.69 Å². The van der Waals surface area contributed by atoms with Gasteiger partial charge in [0.25, 0.3) is 5.91 Å². The molecule has 1 aliphatic rings. The first kappa shape index (κ1) is 19.7. The molecule has 0 saturated carbocycles. The van der Waals surface area contributed by atoms with Gasteiger partial charge < -0.3 is 10.6 Å². The maximum absolute atomic E-state index is 13.3. The number of amides is 3. The van der Waals surface area contributed by atoms with Crippen molar-refractivity contribution in [1.82, 2.24) is 4.90 Å². The van der Waals surface area contributed by atoms with Gasteiger partial charge in [0, 0.05) is 12.2 Å². The van der Waals surface area contributed by atoms with E-state index in [1.807, 2.05) is 36.4 Å². The molecule has 5 heteroatoms. The Bertz CT molecular complexity index is 1090. The van der Waals surface area contributed by atoms with Crippen molar-refractivity contribution in [1.29, 1.82) is 0 Å². The Kier molecular flexibility index (Phi) is 5.04. The van der Waals surface area contributed by atoms with E-state index < -0.39 is 5.54 Å². The Hall–Kier alpha value is -3.60. The standard InChI is InChI=1S/C25H25N3O2/c1-25(2)23(29)28(22-14-8-13-21(26)16-22)24(30)27(25)17-20-12-7-6-11-19(20)15-18-9-4-3-5-10-18/h3-14,16H,15,17,26H2,1-2H3.